The summed E-state index contributed by atoms with van der Waals surface area (Å²) in [5.74, 6) is 0. The van der Waals surface area contributed by atoms with Crippen LogP contribution in [0.5, 0.6) is 0 Å². The molecular weight excluding hydrogens is 373 g/mol. The lowest BCUT2D eigenvalue weighted by Crippen LogP contribution is -2.36. The van der Waals surface area contributed by atoms with Gasteiger partial charge in [-0.15, -0.1) is 0 Å². The first kappa shape index (κ1) is 16.5. The molecule has 0 unspecified atom stereocenters. The molecule has 0 heterocycles. The van der Waals surface area contributed by atoms with Gasteiger partial charge in [0.1, 0.15) is 6.54 Å². The number of nitrogen functional groups attached to an aromatic ring is 1. The van der Waals surface area contributed by atoms with E-state index in [4.69, 9.17) is 17.3 Å². The van der Waals surface area contributed by atoms with E-state index in [1.165, 1.54) is 6.07 Å². The second kappa shape index (κ2) is 5.47. The fourth-order valence-corrected chi connectivity index (χ4v) is 3.68. The van der Waals surface area contributed by atoms with E-state index in [0.29, 0.717) is 0 Å². The van der Waals surface area contributed by atoms with Gasteiger partial charge in [-0.1, -0.05) is 11.6 Å². The summed E-state index contributed by atoms with van der Waals surface area (Å²) in [5, 5.41) is 0.0136. The van der Waals surface area contributed by atoms with Crippen LogP contribution in [0.4, 0.5) is 18.9 Å². The monoisotopic (exact) mass is 380 g/mol. The smallest absolute Gasteiger partial charge is 0.398 e. The number of hydrogen-bond donors (Lipinski definition) is 1. The molecule has 0 saturated carbocycles. The normalized spacial score (nSPS) is 13.0. The van der Waals surface area contributed by atoms with Crippen molar-refractivity contribution in [3.05, 3.63) is 21.6 Å². The van der Waals surface area contributed by atoms with Crippen LogP contribution in [-0.4, -0.2) is 32.5 Å². The van der Waals surface area contributed by atoms with Gasteiger partial charge in [-0.25, -0.2) is 8.42 Å². The lowest BCUT2D eigenvalue weighted by molar-refractivity contribution is -0.134. The Morgan fingerprint density at radius 3 is 2.42 bits per heavy atom. The van der Waals surface area contributed by atoms with Crippen molar-refractivity contribution in [1.29, 1.82) is 0 Å². The Labute approximate surface area is 121 Å². The molecule has 0 aliphatic carbocycles. The lowest BCUT2D eigenvalue weighted by Gasteiger charge is -2.20. The molecule has 108 valence electrons. The maximum absolute atomic E-state index is 12.2. The molecule has 1 aromatic carbocycles. The Morgan fingerprint density at radius 1 is 1.42 bits per heavy atom. The zero-order valence-electron chi connectivity index (χ0n) is 9.50. The second-order valence-corrected chi connectivity index (χ2v) is 6.93. The first-order chi connectivity index (χ1) is 8.45. The molecule has 0 aliphatic rings. The molecule has 4 nitrogen and oxygen atoms in total. The van der Waals surface area contributed by atoms with Crippen LogP contribution < -0.4 is 5.73 Å². The number of nitrogens with zero attached hydrogens (tertiary/aromatic N) is 1. The van der Waals surface area contributed by atoms with Crippen LogP contribution in [0, 0.1) is 0 Å². The number of rotatable bonds is 3. The van der Waals surface area contributed by atoms with Crippen molar-refractivity contribution in [2.45, 2.75) is 11.1 Å². The summed E-state index contributed by atoms with van der Waals surface area (Å²) in [5.41, 5.74) is 5.53. The molecule has 10 heteroatoms. The van der Waals surface area contributed by atoms with Gasteiger partial charge in [-0.3, -0.25) is 0 Å². The Kier molecular flexibility index (Phi) is 4.76. The van der Waals surface area contributed by atoms with Crippen molar-refractivity contribution in [3.8, 4) is 0 Å². The highest BCUT2D eigenvalue weighted by Crippen LogP contribution is 2.33. The summed E-state index contributed by atoms with van der Waals surface area (Å²) in [6, 6.07) is 2.32. The van der Waals surface area contributed by atoms with Crippen molar-refractivity contribution < 1.29 is 21.6 Å². The van der Waals surface area contributed by atoms with Gasteiger partial charge in [0.25, 0.3) is 0 Å². The van der Waals surface area contributed by atoms with E-state index in [2.05, 4.69) is 15.9 Å². The summed E-state index contributed by atoms with van der Waals surface area (Å²) in [7, 11) is -3.52. The van der Waals surface area contributed by atoms with E-state index < -0.39 is 27.6 Å². The highest BCUT2D eigenvalue weighted by molar-refractivity contribution is 9.10. The number of alkyl halides is 3. The Morgan fingerprint density at radius 2 is 1.95 bits per heavy atom. The molecule has 1 aromatic rings. The number of nitrogens with two attached hydrogens (primary N) is 1. The second-order valence-electron chi connectivity index (χ2n) is 3.68. The lowest BCUT2D eigenvalue weighted by atomic mass is 10.3. The van der Waals surface area contributed by atoms with Crippen molar-refractivity contribution in [2.24, 2.45) is 0 Å². The fraction of sp³-hybridized carbons (Fsp3) is 0.333. The molecule has 0 saturated heterocycles. The SMILES string of the molecule is CN(CC(F)(F)F)S(=O)(=O)c1cc(Cl)cc(N)c1Br. The van der Waals surface area contributed by atoms with Crippen LogP contribution in [-0.2, 0) is 10.0 Å². The van der Waals surface area contributed by atoms with E-state index >= 15 is 0 Å². The molecule has 2 N–H and O–H groups in total. The van der Waals surface area contributed by atoms with Gasteiger partial charge in [-0.2, -0.15) is 17.5 Å². The van der Waals surface area contributed by atoms with E-state index in [9.17, 15) is 21.6 Å². The minimum absolute atomic E-state index is 0.0136. The molecule has 19 heavy (non-hydrogen) atoms. The Hall–Kier alpha value is -0.510. The Balaban J connectivity index is 3.28. The number of halogens is 5. The van der Waals surface area contributed by atoms with Crippen molar-refractivity contribution in [1.82, 2.24) is 4.31 Å². The predicted molar refractivity (Wildman–Crippen MR) is 69.4 cm³/mol. The number of benzene rings is 1. The third-order valence-electron chi connectivity index (χ3n) is 2.12. The Bertz CT molecular complexity index is 592. The van der Waals surface area contributed by atoms with E-state index in [-0.39, 0.29) is 19.5 Å². The summed E-state index contributed by atoms with van der Waals surface area (Å²) >= 11 is 8.59. The minimum atomic E-state index is -4.64. The quantitative estimate of drug-likeness (QED) is 0.819. The summed E-state index contributed by atoms with van der Waals surface area (Å²) < 4.78 is 60.9. The maximum atomic E-state index is 12.2. The first-order valence-electron chi connectivity index (χ1n) is 4.73. The molecule has 0 radical (unpaired) electrons. The van der Waals surface area contributed by atoms with Crippen molar-refractivity contribution >= 4 is 43.2 Å². The molecule has 0 aromatic heterocycles. The van der Waals surface area contributed by atoms with Gasteiger partial charge in [0.15, 0.2) is 0 Å². The predicted octanol–water partition coefficient (Wildman–Crippen LogP) is 2.87. The minimum Gasteiger partial charge on any atom is -0.398 e. The maximum Gasteiger partial charge on any atom is 0.402 e. The first-order valence-corrected chi connectivity index (χ1v) is 7.34. The van der Waals surface area contributed by atoms with Crippen LogP contribution in [0.2, 0.25) is 5.02 Å². The van der Waals surface area contributed by atoms with E-state index in [1.807, 2.05) is 0 Å². The molecule has 1 rings (SSSR count). The van der Waals surface area contributed by atoms with Gasteiger partial charge < -0.3 is 5.73 Å². The number of sulfonamides is 1. The fourth-order valence-electron chi connectivity index (χ4n) is 1.28. The van der Waals surface area contributed by atoms with Gasteiger partial charge in [0.05, 0.1) is 9.37 Å². The summed E-state index contributed by atoms with van der Waals surface area (Å²) in [6.45, 7) is -1.60. The van der Waals surface area contributed by atoms with E-state index in [0.717, 1.165) is 13.1 Å². The zero-order chi connectivity index (χ0) is 15.0. The van der Waals surface area contributed by atoms with Gasteiger partial charge in [-0.05, 0) is 28.1 Å². The van der Waals surface area contributed by atoms with Crippen LogP contribution in [0.3, 0.4) is 0 Å². The van der Waals surface area contributed by atoms with Crippen LogP contribution in [0.25, 0.3) is 0 Å². The van der Waals surface area contributed by atoms with Crippen molar-refractivity contribution in [3.63, 3.8) is 0 Å². The largest absolute Gasteiger partial charge is 0.402 e. The van der Waals surface area contributed by atoms with Crippen molar-refractivity contribution in [2.75, 3.05) is 19.3 Å². The molecule has 0 amide bonds. The third-order valence-corrected chi connectivity index (χ3v) is 5.32. The zero-order valence-corrected chi connectivity index (χ0v) is 12.7. The molecule has 0 bridgehead atoms. The molecule has 0 spiro atoms. The highest BCUT2D eigenvalue weighted by atomic mass is 79.9. The summed E-state index contributed by atoms with van der Waals surface area (Å²) in [6.07, 6.45) is -4.64. The number of anilines is 1. The van der Waals surface area contributed by atoms with Crippen LogP contribution in [0.15, 0.2) is 21.5 Å². The molecular formula is C9H9BrClF3N2O2S. The van der Waals surface area contributed by atoms with Crippen LogP contribution in [0.1, 0.15) is 0 Å². The average molecular weight is 382 g/mol. The average Bonchev–Trinajstić information content (AvgIpc) is 2.20. The number of hydrogen-bond acceptors (Lipinski definition) is 3. The van der Waals surface area contributed by atoms with Gasteiger partial charge >= 0.3 is 6.18 Å². The van der Waals surface area contributed by atoms with Gasteiger partial charge in [0, 0.05) is 17.8 Å². The topological polar surface area (TPSA) is 63.4 Å². The third kappa shape index (κ3) is 3.98. The van der Waals surface area contributed by atoms with Gasteiger partial charge in [0.2, 0.25) is 10.0 Å². The molecule has 0 fully saturated rings. The van der Waals surface area contributed by atoms with Crippen LogP contribution >= 0.6 is 27.5 Å². The van der Waals surface area contributed by atoms with E-state index in [1.54, 1.807) is 0 Å². The molecule has 0 aliphatic heterocycles. The highest BCUT2D eigenvalue weighted by Gasteiger charge is 2.35. The standard InChI is InChI=1S/C9H9BrClF3N2O2S/c1-16(4-9(12,13)14)19(17,18)7-3-5(11)2-6(15)8(7)10/h2-3H,4,15H2,1H3. The molecule has 0 atom stereocenters. The summed E-state index contributed by atoms with van der Waals surface area (Å²) in [4.78, 5) is -0.413.